The molecule has 0 spiro atoms. The number of hydrogen-bond donors (Lipinski definition) is 2. The number of aromatic nitrogens is 1. The van der Waals surface area contributed by atoms with Gasteiger partial charge < -0.3 is 20.2 Å². The maximum atomic E-state index is 13.2. The first-order chi connectivity index (χ1) is 14.8. The molecule has 1 fully saturated rings. The molecule has 6 heteroatoms. The number of aromatic amines is 1. The Morgan fingerprint density at radius 3 is 2.61 bits per heavy atom. The van der Waals surface area contributed by atoms with Gasteiger partial charge in [-0.1, -0.05) is 24.3 Å². The number of hydrogen-bond acceptors (Lipinski definition) is 4. The summed E-state index contributed by atoms with van der Waals surface area (Å²) in [7, 11) is 3.88. The van der Waals surface area contributed by atoms with Gasteiger partial charge in [0.1, 0.15) is 0 Å². The highest BCUT2D eigenvalue weighted by molar-refractivity contribution is 5.95. The number of benzene rings is 2. The Balaban J connectivity index is 1.63. The van der Waals surface area contributed by atoms with Gasteiger partial charge in [-0.05, 0) is 67.4 Å². The number of nitrogens with zero attached hydrogens (tertiary/aromatic N) is 2. The molecule has 0 saturated carbocycles. The van der Waals surface area contributed by atoms with Crippen molar-refractivity contribution in [3.05, 3.63) is 70.0 Å². The predicted octanol–water partition coefficient (Wildman–Crippen LogP) is 3.69. The molecule has 0 aliphatic carbocycles. The Labute approximate surface area is 182 Å². The lowest BCUT2D eigenvalue weighted by atomic mass is 9.92. The van der Waals surface area contributed by atoms with Crippen LogP contribution in [0.4, 0.5) is 0 Å². The molecule has 1 aromatic heterocycles. The zero-order chi connectivity index (χ0) is 22.2. The molecule has 160 valence electrons. The van der Waals surface area contributed by atoms with Gasteiger partial charge in [0.15, 0.2) is 0 Å². The second-order valence-corrected chi connectivity index (χ2v) is 8.61. The fourth-order valence-corrected chi connectivity index (χ4v) is 4.62. The van der Waals surface area contributed by atoms with E-state index in [0.717, 1.165) is 41.7 Å². The van der Waals surface area contributed by atoms with Gasteiger partial charge in [0, 0.05) is 43.2 Å². The van der Waals surface area contributed by atoms with E-state index in [1.165, 1.54) is 6.21 Å². The highest BCUT2D eigenvalue weighted by Gasteiger charge is 2.41. The first-order valence-electron chi connectivity index (χ1n) is 10.5. The van der Waals surface area contributed by atoms with Crippen molar-refractivity contribution >= 4 is 22.9 Å². The van der Waals surface area contributed by atoms with Crippen LogP contribution in [-0.4, -0.2) is 59.6 Å². The molecule has 1 unspecified atom stereocenters. The topological polar surface area (TPSA) is 80.3 Å². The summed E-state index contributed by atoms with van der Waals surface area (Å²) in [4.78, 5) is 32.7. The van der Waals surface area contributed by atoms with Gasteiger partial charge in [-0.25, -0.2) is 0 Å². The van der Waals surface area contributed by atoms with Crippen molar-refractivity contribution < 1.29 is 4.79 Å². The lowest BCUT2D eigenvalue weighted by molar-refractivity contribution is 0.0592. The predicted molar refractivity (Wildman–Crippen MR) is 125 cm³/mol. The number of fused-ring (bicyclic) bond motifs is 1. The highest BCUT2D eigenvalue weighted by Crippen LogP contribution is 2.31. The molecule has 1 atom stereocenters. The molecule has 2 aromatic carbocycles. The highest BCUT2D eigenvalue weighted by atomic mass is 16.2. The van der Waals surface area contributed by atoms with Crippen LogP contribution in [0.25, 0.3) is 22.0 Å². The van der Waals surface area contributed by atoms with Gasteiger partial charge in [-0.2, -0.15) is 0 Å². The summed E-state index contributed by atoms with van der Waals surface area (Å²) >= 11 is 0. The second kappa shape index (κ2) is 8.12. The van der Waals surface area contributed by atoms with Crippen molar-refractivity contribution in [1.82, 2.24) is 14.8 Å². The number of pyridine rings is 1. The normalized spacial score (nSPS) is 18.9. The number of rotatable bonds is 5. The van der Waals surface area contributed by atoms with Crippen LogP contribution in [-0.2, 0) is 0 Å². The van der Waals surface area contributed by atoms with Crippen molar-refractivity contribution in [2.24, 2.45) is 0 Å². The Hall–Kier alpha value is -3.25. The quantitative estimate of drug-likeness (QED) is 0.623. The lowest BCUT2D eigenvalue weighted by Gasteiger charge is -2.38. The van der Waals surface area contributed by atoms with E-state index in [-0.39, 0.29) is 17.0 Å². The third kappa shape index (κ3) is 3.79. The maximum Gasteiger partial charge on any atom is 0.256 e. The van der Waals surface area contributed by atoms with E-state index in [1.54, 1.807) is 4.90 Å². The molecule has 1 saturated heterocycles. The van der Waals surface area contributed by atoms with Crippen LogP contribution in [0.3, 0.4) is 0 Å². The van der Waals surface area contributed by atoms with E-state index in [2.05, 4.69) is 9.88 Å². The third-order valence-corrected chi connectivity index (χ3v) is 6.57. The van der Waals surface area contributed by atoms with Crippen molar-refractivity contribution in [2.75, 3.05) is 27.2 Å². The minimum absolute atomic E-state index is 0.0495. The van der Waals surface area contributed by atoms with E-state index >= 15 is 0 Å². The molecule has 1 aliphatic rings. The third-order valence-electron chi connectivity index (χ3n) is 6.57. The Morgan fingerprint density at radius 1 is 1.23 bits per heavy atom. The molecule has 0 bridgehead atoms. The van der Waals surface area contributed by atoms with Gasteiger partial charge >= 0.3 is 0 Å². The van der Waals surface area contributed by atoms with Crippen LogP contribution in [0.1, 0.15) is 28.8 Å². The summed E-state index contributed by atoms with van der Waals surface area (Å²) in [5.41, 5.74) is 2.79. The first-order valence-corrected chi connectivity index (χ1v) is 10.5. The van der Waals surface area contributed by atoms with Gasteiger partial charge in [0.05, 0.1) is 5.54 Å². The number of likely N-dealkylation sites (N-methyl/N-ethyl adjacent to an activating group) is 2. The molecular weight excluding hydrogens is 388 g/mol. The fourth-order valence-electron chi connectivity index (χ4n) is 4.62. The van der Waals surface area contributed by atoms with E-state index in [9.17, 15) is 9.59 Å². The van der Waals surface area contributed by atoms with Crippen LogP contribution in [0.5, 0.6) is 0 Å². The van der Waals surface area contributed by atoms with Crippen LogP contribution in [0.2, 0.25) is 0 Å². The summed E-state index contributed by atoms with van der Waals surface area (Å²) in [6.07, 6.45) is 2.82. The molecular formula is C25H28N4O2. The van der Waals surface area contributed by atoms with Crippen LogP contribution in [0, 0.1) is 12.3 Å². The summed E-state index contributed by atoms with van der Waals surface area (Å²) in [5.74, 6) is -0.0495. The first kappa shape index (κ1) is 21.0. The SMILES string of the molecule is Cc1cccc2c(=O)[nH]c(-c3ccc(C(=O)N(C)C4(CC=N)CCN(C)C4)cc3)cc12. The van der Waals surface area contributed by atoms with Gasteiger partial charge in [0.25, 0.3) is 11.5 Å². The van der Waals surface area contributed by atoms with E-state index in [4.69, 9.17) is 5.41 Å². The number of nitrogens with one attached hydrogen (secondary N) is 2. The van der Waals surface area contributed by atoms with Gasteiger partial charge in [0.2, 0.25) is 0 Å². The minimum Gasteiger partial charge on any atom is -0.334 e. The summed E-state index contributed by atoms with van der Waals surface area (Å²) in [6.45, 7) is 3.67. The Morgan fingerprint density at radius 2 is 1.97 bits per heavy atom. The van der Waals surface area contributed by atoms with Gasteiger partial charge in [-0.3, -0.25) is 9.59 Å². The standard InChI is InChI=1S/C25H28N4O2/c1-17-5-4-6-20-21(17)15-22(27-23(20)30)18-7-9-19(10-8-18)24(31)29(3)25(11-13-26)12-14-28(2)16-25/h4-10,13,15,26H,11-12,14,16H2,1-3H3,(H,27,30). The molecule has 2 heterocycles. The average Bonchev–Trinajstić information content (AvgIpc) is 3.15. The minimum atomic E-state index is -0.340. The van der Waals surface area contributed by atoms with Crippen LogP contribution < -0.4 is 5.56 Å². The molecule has 1 aliphatic heterocycles. The fraction of sp³-hybridized carbons (Fsp3) is 0.320. The summed E-state index contributed by atoms with van der Waals surface area (Å²) in [6, 6.07) is 15.1. The molecule has 4 rings (SSSR count). The maximum absolute atomic E-state index is 13.2. The van der Waals surface area contributed by atoms with Crippen molar-refractivity contribution in [3.8, 4) is 11.3 Å². The van der Waals surface area contributed by atoms with E-state index in [0.29, 0.717) is 17.4 Å². The molecule has 6 nitrogen and oxygen atoms in total. The van der Waals surface area contributed by atoms with E-state index < -0.39 is 0 Å². The smallest absolute Gasteiger partial charge is 0.256 e. The number of amides is 1. The Bertz CT molecular complexity index is 1200. The van der Waals surface area contributed by atoms with E-state index in [1.807, 2.05) is 69.6 Å². The molecule has 3 aromatic rings. The lowest BCUT2D eigenvalue weighted by Crippen LogP contribution is -2.51. The number of carbonyl (C=O) groups is 1. The van der Waals surface area contributed by atoms with Crippen molar-refractivity contribution in [3.63, 3.8) is 0 Å². The zero-order valence-electron chi connectivity index (χ0n) is 18.2. The van der Waals surface area contributed by atoms with Crippen molar-refractivity contribution in [1.29, 1.82) is 5.41 Å². The zero-order valence-corrected chi connectivity index (χ0v) is 18.2. The average molecular weight is 417 g/mol. The van der Waals surface area contributed by atoms with Gasteiger partial charge in [-0.15, -0.1) is 0 Å². The van der Waals surface area contributed by atoms with Crippen LogP contribution in [0.15, 0.2) is 53.3 Å². The number of likely N-dealkylation sites (tertiary alicyclic amines) is 1. The summed E-state index contributed by atoms with van der Waals surface area (Å²) in [5, 5.41) is 9.21. The molecule has 0 radical (unpaired) electrons. The number of carbonyl (C=O) groups excluding carboxylic acids is 1. The number of H-pyrrole nitrogens is 1. The van der Waals surface area contributed by atoms with Crippen LogP contribution >= 0.6 is 0 Å². The van der Waals surface area contributed by atoms with Crippen molar-refractivity contribution in [2.45, 2.75) is 25.3 Å². The molecule has 31 heavy (non-hydrogen) atoms. The monoisotopic (exact) mass is 416 g/mol. The summed E-state index contributed by atoms with van der Waals surface area (Å²) < 4.78 is 0. The number of aryl methyl sites for hydroxylation is 1. The molecule has 2 N–H and O–H groups in total. The Kier molecular flexibility index (Phi) is 5.50. The largest absolute Gasteiger partial charge is 0.334 e. The second-order valence-electron chi connectivity index (χ2n) is 8.61. The molecule has 1 amide bonds.